The van der Waals surface area contributed by atoms with Gasteiger partial charge in [0, 0.05) is 44.8 Å². The molecule has 25 heavy (non-hydrogen) atoms. The normalized spacial score (nSPS) is 15.2. The van der Waals surface area contributed by atoms with Gasteiger partial charge in [-0.15, -0.1) is 0 Å². The summed E-state index contributed by atoms with van der Waals surface area (Å²) in [5.41, 5.74) is 2.02. The Bertz CT molecular complexity index is 592. The number of rotatable bonds is 3. The molecule has 0 saturated carbocycles. The molecular formula is C20H31N3O2. The van der Waals surface area contributed by atoms with Crippen molar-refractivity contribution in [3.8, 4) is 0 Å². The molecule has 1 fully saturated rings. The summed E-state index contributed by atoms with van der Waals surface area (Å²) in [7, 11) is 0. The number of carbonyl (C=O) groups excluding carboxylic acids is 2. The van der Waals surface area contributed by atoms with E-state index in [1.165, 1.54) is 5.56 Å². The molecule has 5 nitrogen and oxygen atoms in total. The summed E-state index contributed by atoms with van der Waals surface area (Å²) in [5, 5.41) is 0. The number of amides is 3. The Morgan fingerprint density at radius 2 is 1.40 bits per heavy atom. The van der Waals surface area contributed by atoms with Gasteiger partial charge in [-0.3, -0.25) is 4.79 Å². The van der Waals surface area contributed by atoms with Crippen LogP contribution in [0.5, 0.6) is 0 Å². The van der Waals surface area contributed by atoms with E-state index in [-0.39, 0.29) is 17.4 Å². The number of benzene rings is 1. The standard InChI is InChI=1S/C20H31N3O2/c1-6-21(7-2)19(25)23-14-12-22(13-15-23)18(24)16-8-10-17(11-9-16)20(3,4)5/h8-11H,6-7,12-15H2,1-5H3. The highest BCUT2D eigenvalue weighted by Crippen LogP contribution is 2.22. The first-order valence-corrected chi connectivity index (χ1v) is 9.21. The van der Waals surface area contributed by atoms with Crippen molar-refractivity contribution < 1.29 is 9.59 Å². The minimum Gasteiger partial charge on any atom is -0.335 e. The van der Waals surface area contributed by atoms with Gasteiger partial charge in [0.15, 0.2) is 0 Å². The van der Waals surface area contributed by atoms with Crippen LogP contribution < -0.4 is 0 Å². The molecule has 0 unspecified atom stereocenters. The number of piperazine rings is 1. The van der Waals surface area contributed by atoms with Crippen LogP contribution in [-0.2, 0) is 5.41 Å². The molecular weight excluding hydrogens is 314 g/mol. The van der Waals surface area contributed by atoms with Crippen LogP contribution in [0.25, 0.3) is 0 Å². The molecule has 0 atom stereocenters. The van der Waals surface area contributed by atoms with E-state index in [0.717, 1.165) is 5.56 Å². The van der Waals surface area contributed by atoms with E-state index in [2.05, 4.69) is 20.8 Å². The lowest BCUT2D eigenvalue weighted by Crippen LogP contribution is -2.54. The molecule has 1 aliphatic rings. The third kappa shape index (κ3) is 4.53. The van der Waals surface area contributed by atoms with Crippen LogP contribution >= 0.6 is 0 Å². The van der Waals surface area contributed by atoms with Crippen LogP contribution in [0.2, 0.25) is 0 Å². The van der Waals surface area contributed by atoms with Crippen LogP contribution in [0.3, 0.4) is 0 Å². The van der Waals surface area contributed by atoms with Gasteiger partial charge < -0.3 is 14.7 Å². The van der Waals surface area contributed by atoms with Crippen molar-refractivity contribution >= 4 is 11.9 Å². The summed E-state index contributed by atoms with van der Waals surface area (Å²) in [6.07, 6.45) is 0. The fourth-order valence-electron chi connectivity index (χ4n) is 3.09. The maximum Gasteiger partial charge on any atom is 0.320 e. The average Bonchev–Trinajstić information content (AvgIpc) is 2.61. The lowest BCUT2D eigenvalue weighted by Gasteiger charge is -2.37. The van der Waals surface area contributed by atoms with Crippen molar-refractivity contribution in [1.29, 1.82) is 0 Å². The fraction of sp³-hybridized carbons (Fsp3) is 0.600. The third-order valence-corrected chi connectivity index (χ3v) is 4.87. The monoisotopic (exact) mass is 345 g/mol. The summed E-state index contributed by atoms with van der Waals surface area (Å²) in [6.45, 7) is 14.3. The minimum atomic E-state index is 0.0513. The molecule has 0 bridgehead atoms. The van der Waals surface area contributed by atoms with Crippen LogP contribution in [0.4, 0.5) is 4.79 Å². The van der Waals surface area contributed by atoms with Crippen molar-refractivity contribution in [3.05, 3.63) is 35.4 Å². The third-order valence-electron chi connectivity index (χ3n) is 4.87. The van der Waals surface area contributed by atoms with Crippen LogP contribution in [0.1, 0.15) is 50.5 Å². The molecule has 0 aromatic heterocycles. The fourth-order valence-corrected chi connectivity index (χ4v) is 3.09. The van der Waals surface area contributed by atoms with Gasteiger partial charge in [0.05, 0.1) is 0 Å². The van der Waals surface area contributed by atoms with Crippen LogP contribution in [0.15, 0.2) is 24.3 Å². The molecule has 1 aliphatic heterocycles. The first kappa shape index (κ1) is 19.3. The predicted octanol–water partition coefficient (Wildman–Crippen LogP) is 3.20. The van der Waals surface area contributed by atoms with Gasteiger partial charge in [0.2, 0.25) is 0 Å². The molecule has 138 valence electrons. The van der Waals surface area contributed by atoms with Gasteiger partial charge in [-0.05, 0) is 37.0 Å². The van der Waals surface area contributed by atoms with E-state index >= 15 is 0 Å². The van der Waals surface area contributed by atoms with E-state index in [9.17, 15) is 9.59 Å². The topological polar surface area (TPSA) is 43.9 Å². The average molecular weight is 345 g/mol. The van der Waals surface area contributed by atoms with Crippen molar-refractivity contribution in [1.82, 2.24) is 14.7 Å². The largest absolute Gasteiger partial charge is 0.335 e. The van der Waals surface area contributed by atoms with Gasteiger partial charge >= 0.3 is 6.03 Å². The predicted molar refractivity (Wildman–Crippen MR) is 101 cm³/mol. The molecule has 0 spiro atoms. The quantitative estimate of drug-likeness (QED) is 0.844. The Kier molecular flexibility index (Phi) is 6.09. The molecule has 0 N–H and O–H groups in total. The van der Waals surface area contributed by atoms with Gasteiger partial charge in [-0.1, -0.05) is 32.9 Å². The zero-order chi connectivity index (χ0) is 18.6. The Balaban J connectivity index is 1.96. The number of nitrogens with zero attached hydrogens (tertiary/aromatic N) is 3. The lowest BCUT2D eigenvalue weighted by molar-refractivity contribution is 0.0641. The van der Waals surface area contributed by atoms with E-state index in [4.69, 9.17) is 0 Å². The second kappa shape index (κ2) is 7.89. The molecule has 2 rings (SSSR count). The SMILES string of the molecule is CCN(CC)C(=O)N1CCN(C(=O)c2ccc(C(C)(C)C)cc2)CC1. The highest BCUT2D eigenvalue weighted by Gasteiger charge is 2.26. The van der Waals surface area contributed by atoms with E-state index in [0.29, 0.717) is 39.3 Å². The lowest BCUT2D eigenvalue weighted by atomic mass is 9.86. The minimum absolute atomic E-state index is 0.0513. The summed E-state index contributed by atoms with van der Waals surface area (Å²) in [6, 6.07) is 7.97. The highest BCUT2D eigenvalue weighted by atomic mass is 16.2. The van der Waals surface area contributed by atoms with Crippen molar-refractivity contribution in [2.24, 2.45) is 0 Å². The summed E-state index contributed by atoms with van der Waals surface area (Å²) in [5.74, 6) is 0.0513. The van der Waals surface area contributed by atoms with E-state index in [1.54, 1.807) is 0 Å². The van der Waals surface area contributed by atoms with Crippen molar-refractivity contribution in [2.45, 2.75) is 40.0 Å². The van der Waals surface area contributed by atoms with Crippen LogP contribution in [0, 0.1) is 0 Å². The summed E-state index contributed by atoms with van der Waals surface area (Å²) < 4.78 is 0. The molecule has 0 radical (unpaired) electrons. The number of carbonyl (C=O) groups is 2. The molecule has 5 heteroatoms. The highest BCUT2D eigenvalue weighted by molar-refractivity contribution is 5.94. The number of urea groups is 1. The number of hydrogen-bond donors (Lipinski definition) is 0. The van der Waals surface area contributed by atoms with Crippen LogP contribution in [-0.4, -0.2) is 65.9 Å². The van der Waals surface area contributed by atoms with Gasteiger partial charge in [0.25, 0.3) is 5.91 Å². The molecule has 3 amide bonds. The Labute approximate surface area is 151 Å². The van der Waals surface area contributed by atoms with E-state index in [1.807, 2.05) is 52.8 Å². The zero-order valence-corrected chi connectivity index (χ0v) is 16.2. The molecule has 1 heterocycles. The smallest absolute Gasteiger partial charge is 0.320 e. The maximum atomic E-state index is 12.7. The van der Waals surface area contributed by atoms with Gasteiger partial charge in [-0.25, -0.2) is 4.79 Å². The summed E-state index contributed by atoms with van der Waals surface area (Å²) in [4.78, 5) is 30.6. The molecule has 1 aromatic carbocycles. The first-order chi connectivity index (χ1) is 11.8. The molecule has 1 aromatic rings. The maximum absolute atomic E-state index is 12.7. The zero-order valence-electron chi connectivity index (χ0n) is 16.2. The Morgan fingerprint density at radius 1 is 0.920 bits per heavy atom. The second-order valence-corrected chi connectivity index (χ2v) is 7.56. The number of hydrogen-bond acceptors (Lipinski definition) is 2. The van der Waals surface area contributed by atoms with Gasteiger partial charge in [-0.2, -0.15) is 0 Å². The van der Waals surface area contributed by atoms with Crippen molar-refractivity contribution in [2.75, 3.05) is 39.3 Å². The second-order valence-electron chi connectivity index (χ2n) is 7.56. The van der Waals surface area contributed by atoms with Crippen molar-refractivity contribution in [3.63, 3.8) is 0 Å². The molecule has 1 saturated heterocycles. The summed E-state index contributed by atoms with van der Waals surface area (Å²) >= 11 is 0. The van der Waals surface area contributed by atoms with E-state index < -0.39 is 0 Å². The Morgan fingerprint density at radius 3 is 1.84 bits per heavy atom. The van der Waals surface area contributed by atoms with Gasteiger partial charge in [0.1, 0.15) is 0 Å². The Hall–Kier alpha value is -2.04. The molecule has 0 aliphatic carbocycles. The first-order valence-electron chi connectivity index (χ1n) is 9.21.